The zero-order valence-corrected chi connectivity index (χ0v) is 15.6. The van der Waals surface area contributed by atoms with Gasteiger partial charge in [0.05, 0.1) is 16.9 Å². The van der Waals surface area contributed by atoms with E-state index in [0.717, 1.165) is 51.6 Å². The van der Waals surface area contributed by atoms with Gasteiger partial charge in [-0.05, 0) is 19.1 Å². The van der Waals surface area contributed by atoms with Crippen LogP contribution >= 0.6 is 0 Å². The maximum Gasteiger partial charge on any atom is 0.209 e. The summed E-state index contributed by atoms with van der Waals surface area (Å²) in [6.45, 7) is 2.87. The molecule has 136 valence electrons. The van der Waals surface area contributed by atoms with Gasteiger partial charge < -0.3 is 5.32 Å². The van der Waals surface area contributed by atoms with E-state index in [2.05, 4.69) is 71.2 Å². The standard InChI is InChI=1S/C24H20N4/c1-2-25-24-26-20-16-10-9-15-19(20)23-27-21(17-11-5-3-6-12-17)22(28(23)24)18-13-7-4-8-14-18/h3-16H,2H2,1H3,(H,25,26). The molecule has 2 aromatic heterocycles. The van der Waals surface area contributed by atoms with Crippen LogP contribution in [0.1, 0.15) is 6.92 Å². The van der Waals surface area contributed by atoms with Gasteiger partial charge >= 0.3 is 0 Å². The molecule has 0 atom stereocenters. The molecule has 4 nitrogen and oxygen atoms in total. The lowest BCUT2D eigenvalue weighted by Crippen LogP contribution is -2.07. The van der Waals surface area contributed by atoms with Crippen molar-refractivity contribution in [2.75, 3.05) is 11.9 Å². The molecule has 0 saturated heterocycles. The van der Waals surface area contributed by atoms with Crippen molar-refractivity contribution in [3.05, 3.63) is 84.9 Å². The Labute approximate surface area is 163 Å². The molecule has 4 heteroatoms. The second kappa shape index (κ2) is 6.82. The van der Waals surface area contributed by atoms with Gasteiger partial charge in [-0.25, -0.2) is 9.97 Å². The summed E-state index contributed by atoms with van der Waals surface area (Å²) in [4.78, 5) is 10.0. The molecule has 3 aromatic carbocycles. The lowest BCUT2D eigenvalue weighted by Gasteiger charge is -2.12. The molecule has 0 aliphatic rings. The summed E-state index contributed by atoms with van der Waals surface area (Å²) in [7, 11) is 0. The SMILES string of the molecule is CCNc1nc2ccccc2c2nc(-c3ccccc3)c(-c3ccccc3)n12. The van der Waals surface area contributed by atoms with E-state index >= 15 is 0 Å². The first-order valence-electron chi connectivity index (χ1n) is 9.52. The highest BCUT2D eigenvalue weighted by Gasteiger charge is 2.20. The van der Waals surface area contributed by atoms with Crippen LogP contribution in [0.25, 0.3) is 39.1 Å². The van der Waals surface area contributed by atoms with Crippen LogP contribution in [0.15, 0.2) is 84.9 Å². The smallest absolute Gasteiger partial charge is 0.209 e. The predicted octanol–water partition coefficient (Wildman–Crippen LogP) is 5.65. The number of fused-ring (bicyclic) bond motifs is 3. The molecule has 0 amide bonds. The summed E-state index contributed by atoms with van der Waals surface area (Å²) < 4.78 is 2.16. The van der Waals surface area contributed by atoms with Crippen LogP contribution in [0.3, 0.4) is 0 Å². The van der Waals surface area contributed by atoms with Crippen molar-refractivity contribution in [2.24, 2.45) is 0 Å². The number of para-hydroxylation sites is 1. The van der Waals surface area contributed by atoms with Crippen molar-refractivity contribution in [3.63, 3.8) is 0 Å². The summed E-state index contributed by atoms with van der Waals surface area (Å²) in [6, 6.07) is 28.9. The molecule has 0 fully saturated rings. The average Bonchev–Trinajstić information content (AvgIpc) is 3.16. The molecule has 0 unspecified atom stereocenters. The van der Waals surface area contributed by atoms with E-state index in [1.807, 2.05) is 30.3 Å². The largest absolute Gasteiger partial charge is 0.356 e. The van der Waals surface area contributed by atoms with Crippen molar-refractivity contribution in [3.8, 4) is 22.5 Å². The van der Waals surface area contributed by atoms with E-state index in [1.54, 1.807) is 0 Å². The molecule has 2 heterocycles. The van der Waals surface area contributed by atoms with Gasteiger partial charge in [-0.1, -0.05) is 72.8 Å². The number of hydrogen-bond donors (Lipinski definition) is 1. The predicted molar refractivity (Wildman–Crippen MR) is 116 cm³/mol. The second-order valence-electron chi connectivity index (χ2n) is 6.68. The van der Waals surface area contributed by atoms with Gasteiger partial charge in [0, 0.05) is 23.1 Å². The minimum absolute atomic E-state index is 0.785. The third-order valence-corrected chi connectivity index (χ3v) is 4.89. The first-order valence-corrected chi connectivity index (χ1v) is 9.52. The Morgan fingerprint density at radius 1 is 0.750 bits per heavy atom. The fourth-order valence-corrected chi connectivity index (χ4v) is 3.67. The number of anilines is 1. The monoisotopic (exact) mass is 364 g/mol. The summed E-state index contributed by atoms with van der Waals surface area (Å²) in [5.41, 5.74) is 6.08. The van der Waals surface area contributed by atoms with Gasteiger partial charge in [0.25, 0.3) is 0 Å². The number of benzene rings is 3. The van der Waals surface area contributed by atoms with Gasteiger partial charge in [-0.2, -0.15) is 0 Å². The van der Waals surface area contributed by atoms with Crippen LogP contribution < -0.4 is 5.32 Å². The molecule has 0 spiro atoms. The average molecular weight is 364 g/mol. The number of nitrogens with zero attached hydrogens (tertiary/aromatic N) is 3. The number of hydrogen-bond acceptors (Lipinski definition) is 3. The first-order chi connectivity index (χ1) is 13.9. The van der Waals surface area contributed by atoms with Crippen LogP contribution in [0.2, 0.25) is 0 Å². The van der Waals surface area contributed by atoms with Gasteiger partial charge in [0.2, 0.25) is 5.95 Å². The van der Waals surface area contributed by atoms with Crippen LogP contribution in [-0.4, -0.2) is 20.9 Å². The normalized spacial score (nSPS) is 11.2. The maximum absolute atomic E-state index is 5.11. The van der Waals surface area contributed by atoms with Gasteiger partial charge in [0.1, 0.15) is 5.65 Å². The molecule has 0 radical (unpaired) electrons. The van der Waals surface area contributed by atoms with E-state index in [4.69, 9.17) is 9.97 Å². The molecule has 5 rings (SSSR count). The first kappa shape index (κ1) is 16.5. The van der Waals surface area contributed by atoms with Crippen LogP contribution in [-0.2, 0) is 0 Å². The van der Waals surface area contributed by atoms with E-state index in [9.17, 15) is 0 Å². The third kappa shape index (κ3) is 2.62. The number of imidazole rings is 1. The second-order valence-corrected chi connectivity index (χ2v) is 6.68. The molecule has 0 aliphatic heterocycles. The number of aromatic nitrogens is 3. The molecule has 28 heavy (non-hydrogen) atoms. The van der Waals surface area contributed by atoms with Crippen LogP contribution in [0.5, 0.6) is 0 Å². The maximum atomic E-state index is 5.11. The van der Waals surface area contributed by atoms with Crippen LogP contribution in [0, 0.1) is 0 Å². The summed E-state index contributed by atoms with van der Waals surface area (Å²) in [5, 5.41) is 4.47. The van der Waals surface area contributed by atoms with E-state index in [1.165, 1.54) is 0 Å². The lowest BCUT2D eigenvalue weighted by atomic mass is 10.1. The Morgan fingerprint density at radius 3 is 2.11 bits per heavy atom. The zero-order valence-electron chi connectivity index (χ0n) is 15.6. The fraction of sp³-hybridized carbons (Fsp3) is 0.0833. The zero-order chi connectivity index (χ0) is 18.9. The topological polar surface area (TPSA) is 42.2 Å². The van der Waals surface area contributed by atoms with Gasteiger partial charge in [0.15, 0.2) is 0 Å². The Bertz CT molecular complexity index is 1260. The third-order valence-electron chi connectivity index (χ3n) is 4.89. The molecule has 0 bridgehead atoms. The minimum Gasteiger partial charge on any atom is -0.356 e. The molecule has 5 aromatic rings. The van der Waals surface area contributed by atoms with Crippen molar-refractivity contribution < 1.29 is 0 Å². The minimum atomic E-state index is 0.785. The highest BCUT2D eigenvalue weighted by molar-refractivity contribution is 5.97. The Morgan fingerprint density at radius 2 is 1.39 bits per heavy atom. The highest BCUT2D eigenvalue weighted by Crippen LogP contribution is 2.36. The Kier molecular flexibility index (Phi) is 4.02. The molecular weight excluding hydrogens is 344 g/mol. The molecule has 0 aliphatic carbocycles. The van der Waals surface area contributed by atoms with Gasteiger partial charge in [-0.3, -0.25) is 4.40 Å². The summed E-state index contributed by atoms with van der Waals surface area (Å²) >= 11 is 0. The number of rotatable bonds is 4. The van der Waals surface area contributed by atoms with Crippen LogP contribution in [0.4, 0.5) is 5.95 Å². The van der Waals surface area contributed by atoms with E-state index < -0.39 is 0 Å². The summed E-state index contributed by atoms with van der Waals surface area (Å²) in [6.07, 6.45) is 0. The Balaban J connectivity index is 1.97. The van der Waals surface area contributed by atoms with Gasteiger partial charge in [-0.15, -0.1) is 0 Å². The lowest BCUT2D eigenvalue weighted by molar-refractivity contribution is 1.06. The number of nitrogens with one attached hydrogen (secondary N) is 1. The molecule has 0 saturated carbocycles. The van der Waals surface area contributed by atoms with Crippen molar-refractivity contribution in [1.82, 2.24) is 14.4 Å². The quantitative estimate of drug-likeness (QED) is 0.448. The van der Waals surface area contributed by atoms with E-state index in [0.29, 0.717) is 0 Å². The molecular formula is C24H20N4. The van der Waals surface area contributed by atoms with Crippen molar-refractivity contribution >= 4 is 22.5 Å². The molecule has 1 N–H and O–H groups in total. The van der Waals surface area contributed by atoms with Crippen molar-refractivity contribution in [2.45, 2.75) is 6.92 Å². The van der Waals surface area contributed by atoms with E-state index in [-0.39, 0.29) is 0 Å². The highest BCUT2D eigenvalue weighted by atomic mass is 15.2. The Hall–Kier alpha value is -3.66. The fourth-order valence-electron chi connectivity index (χ4n) is 3.67. The van der Waals surface area contributed by atoms with Crippen molar-refractivity contribution in [1.29, 1.82) is 0 Å². The summed E-state index contributed by atoms with van der Waals surface area (Å²) in [5.74, 6) is 0.810.